The van der Waals surface area contributed by atoms with Gasteiger partial charge < -0.3 is 19.8 Å². The van der Waals surface area contributed by atoms with Crippen LogP contribution in [-0.4, -0.2) is 24.6 Å². The average molecular weight is 349 g/mol. The van der Waals surface area contributed by atoms with Gasteiger partial charge >= 0.3 is 0 Å². The van der Waals surface area contributed by atoms with Gasteiger partial charge in [-0.3, -0.25) is 4.79 Å². The molecule has 1 aliphatic heterocycles. The van der Waals surface area contributed by atoms with Crippen molar-refractivity contribution in [3.05, 3.63) is 53.4 Å². The highest BCUT2D eigenvalue weighted by Gasteiger charge is 2.42. The van der Waals surface area contributed by atoms with Gasteiger partial charge in [0.1, 0.15) is 11.5 Å². The van der Waals surface area contributed by atoms with Gasteiger partial charge in [0.05, 0.1) is 12.3 Å². The summed E-state index contributed by atoms with van der Waals surface area (Å²) in [6.07, 6.45) is 2.81. The van der Waals surface area contributed by atoms with Crippen LogP contribution >= 0.6 is 11.6 Å². The lowest BCUT2D eigenvalue weighted by Gasteiger charge is -2.37. The molecule has 3 rings (SSSR count). The third-order valence-corrected chi connectivity index (χ3v) is 4.52. The molecule has 2 N–H and O–H groups in total. The second kappa shape index (κ2) is 7.28. The van der Waals surface area contributed by atoms with Crippen molar-refractivity contribution in [2.45, 2.75) is 31.4 Å². The van der Waals surface area contributed by atoms with Gasteiger partial charge in [-0.05, 0) is 56.4 Å². The van der Waals surface area contributed by atoms with E-state index in [9.17, 15) is 4.79 Å². The molecule has 0 spiro atoms. The summed E-state index contributed by atoms with van der Waals surface area (Å²) < 4.78 is 11.5. The maximum atomic E-state index is 13.0. The Morgan fingerprint density at radius 3 is 2.62 bits per heavy atom. The molecule has 1 aromatic heterocycles. The van der Waals surface area contributed by atoms with Crippen LogP contribution in [0.25, 0.3) is 0 Å². The fourth-order valence-corrected chi connectivity index (χ4v) is 3.00. The summed E-state index contributed by atoms with van der Waals surface area (Å²) in [4.78, 5) is 13.0. The molecule has 2 heterocycles. The number of furan rings is 1. The van der Waals surface area contributed by atoms with Gasteiger partial charge in [0.2, 0.25) is 0 Å². The van der Waals surface area contributed by atoms with E-state index < -0.39 is 5.60 Å². The highest BCUT2D eigenvalue weighted by Crippen LogP contribution is 2.29. The number of nitrogens with one attached hydrogen (secondary N) is 2. The monoisotopic (exact) mass is 348 g/mol. The lowest BCUT2D eigenvalue weighted by molar-refractivity contribution is -0.140. The Bertz CT molecular complexity index is 664. The maximum Gasteiger partial charge on any atom is 0.264 e. The molecule has 1 fully saturated rings. The van der Waals surface area contributed by atoms with Crippen molar-refractivity contribution < 1.29 is 13.9 Å². The minimum atomic E-state index is -0.889. The molecule has 1 atom stereocenters. The van der Waals surface area contributed by atoms with E-state index in [2.05, 4.69) is 10.6 Å². The molecule has 1 aromatic carbocycles. The van der Waals surface area contributed by atoms with Crippen LogP contribution in [0.3, 0.4) is 0 Å². The molecule has 1 saturated heterocycles. The number of carbonyl (C=O) groups is 1. The van der Waals surface area contributed by atoms with Crippen molar-refractivity contribution >= 4 is 17.5 Å². The normalized spacial score (nSPS) is 17.9. The summed E-state index contributed by atoms with van der Waals surface area (Å²) >= 11 is 5.92. The van der Waals surface area contributed by atoms with E-state index in [4.69, 9.17) is 20.8 Å². The zero-order valence-electron chi connectivity index (χ0n) is 13.5. The van der Waals surface area contributed by atoms with Crippen LogP contribution < -0.4 is 15.4 Å². The molecular weight excluding hydrogens is 328 g/mol. The van der Waals surface area contributed by atoms with Gasteiger partial charge in [0, 0.05) is 17.9 Å². The fraction of sp³-hybridized carbons (Fsp3) is 0.389. The van der Waals surface area contributed by atoms with E-state index in [1.807, 2.05) is 19.1 Å². The number of hydrogen-bond donors (Lipinski definition) is 2. The first kappa shape index (κ1) is 16.9. The van der Waals surface area contributed by atoms with Gasteiger partial charge in [0.25, 0.3) is 5.91 Å². The van der Waals surface area contributed by atoms with Crippen molar-refractivity contribution in [1.29, 1.82) is 0 Å². The maximum absolute atomic E-state index is 13.0. The lowest BCUT2D eigenvalue weighted by atomic mass is 9.90. The Hall–Kier alpha value is -1.98. The SMILES string of the molecule is C[C@@H](NC(=O)C1(Oc2ccc(Cl)cc2)CCNCC1)c1ccco1. The fourth-order valence-electron chi connectivity index (χ4n) is 2.87. The Kier molecular flexibility index (Phi) is 5.11. The summed E-state index contributed by atoms with van der Waals surface area (Å²) in [6, 6.07) is 10.5. The Morgan fingerprint density at radius 2 is 2.00 bits per heavy atom. The topological polar surface area (TPSA) is 63.5 Å². The molecular formula is C18H21ClN2O3. The Morgan fingerprint density at radius 1 is 1.29 bits per heavy atom. The van der Waals surface area contributed by atoms with Crippen LogP contribution in [-0.2, 0) is 4.79 Å². The highest BCUT2D eigenvalue weighted by atomic mass is 35.5. The number of amides is 1. The van der Waals surface area contributed by atoms with E-state index in [0.717, 1.165) is 18.8 Å². The largest absolute Gasteiger partial charge is 0.477 e. The summed E-state index contributed by atoms with van der Waals surface area (Å²) in [5.74, 6) is 1.24. The molecule has 0 saturated carbocycles. The quantitative estimate of drug-likeness (QED) is 0.870. The molecule has 24 heavy (non-hydrogen) atoms. The number of rotatable bonds is 5. The average Bonchev–Trinajstić information content (AvgIpc) is 3.12. The van der Waals surface area contributed by atoms with Crippen LogP contribution in [0, 0.1) is 0 Å². The summed E-state index contributed by atoms with van der Waals surface area (Å²) in [7, 11) is 0. The molecule has 0 bridgehead atoms. The highest BCUT2D eigenvalue weighted by molar-refractivity contribution is 6.30. The van der Waals surface area contributed by atoms with Crippen molar-refractivity contribution in [3.8, 4) is 5.75 Å². The predicted molar refractivity (Wildman–Crippen MR) is 92.2 cm³/mol. The van der Waals surface area contributed by atoms with Crippen molar-refractivity contribution in [1.82, 2.24) is 10.6 Å². The smallest absolute Gasteiger partial charge is 0.264 e. The van der Waals surface area contributed by atoms with Crippen molar-refractivity contribution in [3.63, 3.8) is 0 Å². The van der Waals surface area contributed by atoms with Crippen molar-refractivity contribution in [2.24, 2.45) is 0 Å². The predicted octanol–water partition coefficient (Wildman–Crippen LogP) is 3.31. The molecule has 2 aromatic rings. The first-order chi connectivity index (χ1) is 11.6. The molecule has 5 nitrogen and oxygen atoms in total. The van der Waals surface area contributed by atoms with E-state index >= 15 is 0 Å². The number of benzene rings is 1. The zero-order chi connectivity index (χ0) is 17.0. The summed E-state index contributed by atoms with van der Waals surface area (Å²) in [6.45, 7) is 3.36. The number of piperidine rings is 1. The molecule has 0 aliphatic carbocycles. The molecule has 1 amide bonds. The third kappa shape index (κ3) is 3.74. The van der Waals surface area contributed by atoms with Crippen LogP contribution in [0.15, 0.2) is 47.1 Å². The Balaban J connectivity index is 1.77. The van der Waals surface area contributed by atoms with Gasteiger partial charge in [-0.15, -0.1) is 0 Å². The standard InChI is InChI=1S/C18H21ClN2O3/c1-13(16-3-2-12-23-16)21-17(22)18(8-10-20-11-9-18)24-15-6-4-14(19)5-7-15/h2-7,12-13,20H,8-11H2,1H3,(H,21,22)/t13-/m1/s1. The Labute approximate surface area is 146 Å². The van der Waals surface area contributed by atoms with Gasteiger partial charge in [-0.1, -0.05) is 11.6 Å². The lowest BCUT2D eigenvalue weighted by Crippen LogP contribution is -2.56. The van der Waals surface area contributed by atoms with Crippen LogP contribution in [0.4, 0.5) is 0 Å². The van der Waals surface area contributed by atoms with E-state index in [1.54, 1.807) is 30.5 Å². The third-order valence-electron chi connectivity index (χ3n) is 4.27. The van der Waals surface area contributed by atoms with E-state index in [-0.39, 0.29) is 11.9 Å². The number of halogens is 1. The van der Waals surface area contributed by atoms with Crippen LogP contribution in [0.1, 0.15) is 31.6 Å². The minimum absolute atomic E-state index is 0.122. The van der Waals surface area contributed by atoms with Gasteiger partial charge in [-0.25, -0.2) is 0 Å². The summed E-state index contributed by atoms with van der Waals surface area (Å²) in [5.41, 5.74) is -0.889. The van der Waals surface area contributed by atoms with Crippen molar-refractivity contribution in [2.75, 3.05) is 13.1 Å². The molecule has 6 heteroatoms. The van der Waals surface area contributed by atoms with Crippen LogP contribution in [0.5, 0.6) is 5.75 Å². The van der Waals surface area contributed by atoms with Crippen LogP contribution in [0.2, 0.25) is 5.02 Å². The first-order valence-corrected chi connectivity index (χ1v) is 8.46. The second-order valence-corrected chi connectivity index (χ2v) is 6.45. The molecule has 1 aliphatic rings. The minimum Gasteiger partial charge on any atom is -0.477 e. The number of hydrogen-bond acceptors (Lipinski definition) is 4. The molecule has 0 radical (unpaired) electrons. The van der Waals surface area contributed by atoms with E-state index in [0.29, 0.717) is 23.6 Å². The molecule has 0 unspecified atom stereocenters. The number of ether oxygens (including phenoxy) is 1. The zero-order valence-corrected chi connectivity index (χ0v) is 14.3. The van der Waals surface area contributed by atoms with Gasteiger partial charge in [-0.2, -0.15) is 0 Å². The molecule has 128 valence electrons. The first-order valence-electron chi connectivity index (χ1n) is 8.09. The van der Waals surface area contributed by atoms with Gasteiger partial charge in [0.15, 0.2) is 5.60 Å². The second-order valence-electron chi connectivity index (χ2n) is 6.01. The summed E-state index contributed by atoms with van der Waals surface area (Å²) in [5, 5.41) is 6.92. The number of carbonyl (C=O) groups excluding carboxylic acids is 1. The van der Waals surface area contributed by atoms with E-state index in [1.165, 1.54) is 0 Å².